The van der Waals surface area contributed by atoms with E-state index < -0.39 is 6.10 Å². The Morgan fingerprint density at radius 1 is 1.53 bits per heavy atom. The number of methoxy groups -OCH3 is 1. The van der Waals surface area contributed by atoms with Crippen LogP contribution in [0.5, 0.6) is 0 Å². The molecule has 1 atom stereocenters. The van der Waals surface area contributed by atoms with Gasteiger partial charge >= 0.3 is 0 Å². The van der Waals surface area contributed by atoms with Crippen molar-refractivity contribution in [2.24, 2.45) is 0 Å². The molecule has 0 aliphatic carbocycles. The number of aliphatic hydroxyl groups excluding tert-OH is 1. The molecule has 1 unspecified atom stereocenters. The Bertz CT molecular complexity index is 584. The second-order valence-electron chi connectivity index (χ2n) is 4.06. The SMILES string of the molecule is COCC(O)CNC(=O)c1sc2ccccc2c1Cl. The van der Waals surface area contributed by atoms with Crippen LogP contribution in [0.1, 0.15) is 9.67 Å². The first kappa shape index (κ1) is 14.3. The van der Waals surface area contributed by atoms with Crippen LogP contribution in [0.3, 0.4) is 0 Å². The highest BCUT2D eigenvalue weighted by Gasteiger charge is 2.17. The summed E-state index contributed by atoms with van der Waals surface area (Å²) in [5.41, 5.74) is 0. The lowest BCUT2D eigenvalue weighted by molar-refractivity contribution is 0.0611. The van der Waals surface area contributed by atoms with E-state index in [1.54, 1.807) is 0 Å². The molecule has 2 aromatic rings. The van der Waals surface area contributed by atoms with E-state index in [2.05, 4.69) is 5.32 Å². The number of aliphatic hydroxyl groups is 1. The van der Waals surface area contributed by atoms with Gasteiger partial charge in [-0.1, -0.05) is 29.8 Å². The average Bonchev–Trinajstić information content (AvgIpc) is 2.74. The molecule has 0 aliphatic heterocycles. The van der Waals surface area contributed by atoms with E-state index in [0.29, 0.717) is 9.90 Å². The van der Waals surface area contributed by atoms with Crippen molar-refractivity contribution < 1.29 is 14.6 Å². The molecule has 4 nitrogen and oxygen atoms in total. The van der Waals surface area contributed by atoms with E-state index in [1.165, 1.54) is 18.4 Å². The molecular formula is C13H14ClNO3S. The van der Waals surface area contributed by atoms with Crippen LogP contribution in [0, 0.1) is 0 Å². The van der Waals surface area contributed by atoms with Crippen molar-refractivity contribution in [2.45, 2.75) is 6.10 Å². The fourth-order valence-electron chi connectivity index (χ4n) is 1.70. The molecule has 1 aromatic heterocycles. The molecule has 19 heavy (non-hydrogen) atoms. The number of fused-ring (bicyclic) bond motifs is 1. The molecule has 2 rings (SSSR count). The largest absolute Gasteiger partial charge is 0.389 e. The lowest BCUT2D eigenvalue weighted by Crippen LogP contribution is -2.34. The van der Waals surface area contributed by atoms with E-state index >= 15 is 0 Å². The number of nitrogens with one attached hydrogen (secondary N) is 1. The number of halogens is 1. The minimum Gasteiger partial charge on any atom is -0.389 e. The van der Waals surface area contributed by atoms with Gasteiger partial charge in [0.05, 0.1) is 17.7 Å². The Morgan fingerprint density at radius 2 is 2.26 bits per heavy atom. The molecule has 0 radical (unpaired) electrons. The quantitative estimate of drug-likeness (QED) is 0.890. The van der Waals surface area contributed by atoms with Crippen LogP contribution >= 0.6 is 22.9 Å². The molecule has 2 N–H and O–H groups in total. The van der Waals surface area contributed by atoms with Crippen molar-refractivity contribution in [3.05, 3.63) is 34.2 Å². The summed E-state index contributed by atoms with van der Waals surface area (Å²) in [6, 6.07) is 7.58. The number of ether oxygens (including phenoxy) is 1. The molecule has 102 valence electrons. The number of hydrogen-bond acceptors (Lipinski definition) is 4. The second-order valence-corrected chi connectivity index (χ2v) is 5.49. The normalized spacial score (nSPS) is 12.6. The molecule has 0 saturated carbocycles. The first-order valence-corrected chi connectivity index (χ1v) is 6.95. The standard InChI is InChI=1S/C13H14ClNO3S/c1-18-7-8(16)6-15-13(17)12-11(14)9-4-2-3-5-10(9)19-12/h2-5,8,16H,6-7H2,1H3,(H,15,17). The molecule has 0 saturated heterocycles. The first-order chi connectivity index (χ1) is 9.13. The van der Waals surface area contributed by atoms with Gasteiger partial charge in [0.1, 0.15) is 4.88 Å². The molecule has 0 aliphatic rings. The summed E-state index contributed by atoms with van der Waals surface area (Å²) in [6.07, 6.45) is -0.720. The van der Waals surface area contributed by atoms with E-state index in [1.807, 2.05) is 24.3 Å². The zero-order chi connectivity index (χ0) is 13.8. The Kier molecular flexibility index (Phi) is 4.76. The summed E-state index contributed by atoms with van der Waals surface area (Å²) in [5, 5.41) is 13.5. The van der Waals surface area contributed by atoms with Crippen molar-refractivity contribution in [3.63, 3.8) is 0 Å². The van der Waals surface area contributed by atoms with Crippen LogP contribution < -0.4 is 5.32 Å². The van der Waals surface area contributed by atoms with Crippen LogP contribution in [0.4, 0.5) is 0 Å². The van der Waals surface area contributed by atoms with E-state index in [0.717, 1.165) is 10.1 Å². The maximum Gasteiger partial charge on any atom is 0.263 e. The lowest BCUT2D eigenvalue weighted by atomic mass is 10.2. The smallest absolute Gasteiger partial charge is 0.263 e. The topological polar surface area (TPSA) is 58.6 Å². The van der Waals surface area contributed by atoms with Gasteiger partial charge in [0.2, 0.25) is 0 Å². The minimum atomic E-state index is -0.720. The van der Waals surface area contributed by atoms with E-state index in [-0.39, 0.29) is 19.1 Å². The Hall–Kier alpha value is -1.14. The van der Waals surface area contributed by atoms with Gasteiger partial charge in [0.25, 0.3) is 5.91 Å². The number of rotatable bonds is 5. The van der Waals surface area contributed by atoms with Crippen molar-refractivity contribution in [2.75, 3.05) is 20.3 Å². The second kappa shape index (κ2) is 6.34. The van der Waals surface area contributed by atoms with Gasteiger partial charge < -0.3 is 15.2 Å². The van der Waals surface area contributed by atoms with E-state index in [4.69, 9.17) is 16.3 Å². The highest BCUT2D eigenvalue weighted by atomic mass is 35.5. The van der Waals surface area contributed by atoms with Gasteiger partial charge in [0, 0.05) is 23.7 Å². The van der Waals surface area contributed by atoms with Gasteiger partial charge in [-0.15, -0.1) is 11.3 Å². The summed E-state index contributed by atoms with van der Waals surface area (Å²) >= 11 is 7.53. The van der Waals surface area contributed by atoms with Gasteiger partial charge in [-0.3, -0.25) is 4.79 Å². The molecule has 1 amide bonds. The molecule has 0 spiro atoms. The average molecular weight is 300 g/mol. The Balaban J connectivity index is 2.11. The number of hydrogen-bond donors (Lipinski definition) is 2. The number of benzene rings is 1. The summed E-state index contributed by atoms with van der Waals surface area (Å²) in [4.78, 5) is 12.5. The Morgan fingerprint density at radius 3 is 2.95 bits per heavy atom. The molecule has 1 aromatic carbocycles. The number of carbonyl (C=O) groups excluding carboxylic acids is 1. The summed E-state index contributed by atoms with van der Waals surface area (Å²) < 4.78 is 5.76. The van der Waals surface area contributed by atoms with Crippen molar-refractivity contribution in [1.82, 2.24) is 5.32 Å². The summed E-state index contributed by atoms with van der Waals surface area (Å²) in [6.45, 7) is 0.317. The lowest BCUT2D eigenvalue weighted by Gasteiger charge is -2.10. The maximum atomic E-state index is 12.0. The fraction of sp³-hybridized carbons (Fsp3) is 0.308. The fourth-order valence-corrected chi connectivity index (χ4v) is 3.14. The minimum absolute atomic E-state index is 0.136. The summed E-state index contributed by atoms with van der Waals surface area (Å²) in [5.74, 6) is -0.277. The summed E-state index contributed by atoms with van der Waals surface area (Å²) in [7, 11) is 1.49. The monoisotopic (exact) mass is 299 g/mol. The zero-order valence-electron chi connectivity index (χ0n) is 10.4. The third-order valence-electron chi connectivity index (χ3n) is 2.60. The van der Waals surface area contributed by atoms with E-state index in [9.17, 15) is 9.90 Å². The van der Waals surface area contributed by atoms with Crippen LogP contribution in [0.15, 0.2) is 24.3 Å². The number of thiophene rings is 1. The maximum absolute atomic E-state index is 12.0. The zero-order valence-corrected chi connectivity index (χ0v) is 11.9. The van der Waals surface area contributed by atoms with Gasteiger partial charge in [-0.05, 0) is 6.07 Å². The van der Waals surface area contributed by atoms with Crippen LogP contribution in [-0.4, -0.2) is 37.4 Å². The van der Waals surface area contributed by atoms with Crippen LogP contribution in [-0.2, 0) is 4.74 Å². The van der Waals surface area contributed by atoms with Gasteiger partial charge in [-0.25, -0.2) is 0 Å². The Labute approximate surface area is 120 Å². The van der Waals surface area contributed by atoms with Gasteiger partial charge in [-0.2, -0.15) is 0 Å². The first-order valence-electron chi connectivity index (χ1n) is 5.75. The predicted molar refractivity (Wildman–Crippen MR) is 77.1 cm³/mol. The molecule has 0 fully saturated rings. The molecule has 1 heterocycles. The predicted octanol–water partition coefficient (Wildman–Crippen LogP) is 2.29. The van der Waals surface area contributed by atoms with Crippen molar-refractivity contribution in [1.29, 1.82) is 0 Å². The highest BCUT2D eigenvalue weighted by Crippen LogP contribution is 2.34. The molecular weight excluding hydrogens is 286 g/mol. The number of carbonyl (C=O) groups is 1. The highest BCUT2D eigenvalue weighted by molar-refractivity contribution is 7.21. The third-order valence-corrected chi connectivity index (χ3v) is 4.27. The van der Waals surface area contributed by atoms with Crippen molar-refractivity contribution >= 4 is 38.9 Å². The molecule has 0 bridgehead atoms. The third kappa shape index (κ3) is 3.25. The molecule has 6 heteroatoms. The van der Waals surface area contributed by atoms with Crippen LogP contribution in [0.2, 0.25) is 5.02 Å². The van der Waals surface area contributed by atoms with Crippen molar-refractivity contribution in [3.8, 4) is 0 Å². The number of amides is 1. The van der Waals surface area contributed by atoms with Gasteiger partial charge in [0.15, 0.2) is 0 Å². The van der Waals surface area contributed by atoms with Crippen LogP contribution in [0.25, 0.3) is 10.1 Å².